The van der Waals surface area contributed by atoms with Crippen molar-refractivity contribution in [1.82, 2.24) is 0 Å². The lowest BCUT2D eigenvalue weighted by Crippen LogP contribution is -2.02. The lowest BCUT2D eigenvalue weighted by molar-refractivity contribution is 0.685. The van der Waals surface area contributed by atoms with E-state index in [2.05, 4.69) is 43.4 Å². The number of unbranched alkanes of at least 4 members (excludes halogenated alkanes) is 3. The summed E-state index contributed by atoms with van der Waals surface area (Å²) in [5.74, 6) is 0. The maximum absolute atomic E-state index is 3.47. The largest absolute Gasteiger partial charge is 0.385 e. The van der Waals surface area contributed by atoms with Crippen molar-refractivity contribution in [2.75, 3.05) is 11.9 Å². The van der Waals surface area contributed by atoms with Gasteiger partial charge in [-0.2, -0.15) is 0 Å². The molecule has 0 unspecified atom stereocenters. The van der Waals surface area contributed by atoms with E-state index in [-0.39, 0.29) is 0 Å². The molecule has 78 valence electrons. The molecule has 0 saturated carbocycles. The minimum absolute atomic E-state index is 1.10. The highest BCUT2D eigenvalue weighted by molar-refractivity contribution is 5.49. The van der Waals surface area contributed by atoms with Gasteiger partial charge < -0.3 is 5.32 Å². The molecule has 1 aromatic rings. The number of hydrogen-bond acceptors (Lipinski definition) is 1. The number of rotatable bonds is 6. The number of para-hydroxylation sites is 1. The first-order valence-corrected chi connectivity index (χ1v) is 5.64. The highest BCUT2D eigenvalue weighted by Gasteiger charge is 1.94. The molecule has 0 atom stereocenters. The first-order valence-electron chi connectivity index (χ1n) is 5.64. The standard InChI is InChI=1S/C13H21N/c1-3-4-5-8-11-14-13-10-7-6-9-12(13)2/h6-7,9-10,14H,3-5,8,11H2,1-2H3. The van der Waals surface area contributed by atoms with Crippen molar-refractivity contribution in [3.05, 3.63) is 29.8 Å². The molecule has 0 aliphatic heterocycles. The summed E-state index contributed by atoms with van der Waals surface area (Å²) in [6, 6.07) is 8.46. The van der Waals surface area contributed by atoms with E-state index < -0.39 is 0 Å². The lowest BCUT2D eigenvalue weighted by Gasteiger charge is -2.08. The lowest BCUT2D eigenvalue weighted by atomic mass is 10.2. The molecule has 0 bridgehead atoms. The van der Waals surface area contributed by atoms with Crippen LogP contribution in [0, 0.1) is 6.92 Å². The van der Waals surface area contributed by atoms with Crippen LogP contribution in [-0.4, -0.2) is 6.54 Å². The molecule has 1 N–H and O–H groups in total. The van der Waals surface area contributed by atoms with Gasteiger partial charge >= 0.3 is 0 Å². The van der Waals surface area contributed by atoms with E-state index in [4.69, 9.17) is 0 Å². The molecule has 0 spiro atoms. The molecule has 0 amide bonds. The van der Waals surface area contributed by atoms with Crippen LogP contribution in [0.15, 0.2) is 24.3 Å². The second kappa shape index (κ2) is 6.47. The van der Waals surface area contributed by atoms with Gasteiger partial charge in [0.2, 0.25) is 0 Å². The van der Waals surface area contributed by atoms with E-state index in [1.54, 1.807) is 0 Å². The number of hydrogen-bond donors (Lipinski definition) is 1. The van der Waals surface area contributed by atoms with Gasteiger partial charge in [0.25, 0.3) is 0 Å². The first-order chi connectivity index (χ1) is 6.84. The Morgan fingerprint density at radius 1 is 1.07 bits per heavy atom. The first kappa shape index (κ1) is 11.1. The van der Waals surface area contributed by atoms with E-state index in [0.717, 1.165) is 6.54 Å². The topological polar surface area (TPSA) is 12.0 Å². The van der Waals surface area contributed by atoms with Gasteiger partial charge in [-0.1, -0.05) is 44.4 Å². The summed E-state index contributed by atoms with van der Waals surface area (Å²) in [7, 11) is 0. The van der Waals surface area contributed by atoms with Crippen molar-refractivity contribution >= 4 is 5.69 Å². The van der Waals surface area contributed by atoms with Crippen molar-refractivity contribution in [2.45, 2.75) is 39.5 Å². The molecule has 0 radical (unpaired) electrons. The Morgan fingerprint density at radius 3 is 2.57 bits per heavy atom. The summed E-state index contributed by atoms with van der Waals surface area (Å²) in [6.45, 7) is 5.49. The molecular formula is C13H21N. The third-order valence-corrected chi connectivity index (χ3v) is 2.49. The fraction of sp³-hybridized carbons (Fsp3) is 0.538. The van der Waals surface area contributed by atoms with E-state index in [9.17, 15) is 0 Å². The molecule has 1 nitrogen and oxygen atoms in total. The van der Waals surface area contributed by atoms with E-state index >= 15 is 0 Å². The number of nitrogens with one attached hydrogen (secondary N) is 1. The summed E-state index contributed by atoms with van der Waals surface area (Å²) in [4.78, 5) is 0. The molecule has 0 fully saturated rings. The summed E-state index contributed by atoms with van der Waals surface area (Å²) < 4.78 is 0. The molecular weight excluding hydrogens is 170 g/mol. The van der Waals surface area contributed by atoms with Gasteiger partial charge in [0, 0.05) is 12.2 Å². The van der Waals surface area contributed by atoms with Crippen LogP contribution >= 0.6 is 0 Å². The van der Waals surface area contributed by atoms with Gasteiger partial charge in [-0.25, -0.2) is 0 Å². The highest BCUT2D eigenvalue weighted by atomic mass is 14.9. The zero-order valence-corrected chi connectivity index (χ0v) is 9.34. The SMILES string of the molecule is CCCCCCNc1ccccc1C. The van der Waals surface area contributed by atoms with Crippen molar-refractivity contribution in [1.29, 1.82) is 0 Å². The molecule has 0 heterocycles. The van der Waals surface area contributed by atoms with Crippen LogP contribution in [0.2, 0.25) is 0 Å². The van der Waals surface area contributed by atoms with E-state index in [0.29, 0.717) is 0 Å². The van der Waals surface area contributed by atoms with E-state index in [1.807, 2.05) is 0 Å². The monoisotopic (exact) mass is 191 g/mol. The van der Waals surface area contributed by atoms with Gasteiger partial charge in [0.1, 0.15) is 0 Å². The molecule has 1 heteroatoms. The summed E-state index contributed by atoms with van der Waals surface area (Å²) in [5.41, 5.74) is 2.62. The van der Waals surface area contributed by atoms with Crippen LogP contribution < -0.4 is 5.32 Å². The summed E-state index contributed by atoms with van der Waals surface area (Å²) in [6.07, 6.45) is 5.29. The number of benzene rings is 1. The van der Waals surface area contributed by atoms with E-state index in [1.165, 1.54) is 36.9 Å². The summed E-state index contributed by atoms with van der Waals surface area (Å²) in [5, 5.41) is 3.47. The zero-order chi connectivity index (χ0) is 10.2. The number of aryl methyl sites for hydroxylation is 1. The van der Waals surface area contributed by atoms with Crippen molar-refractivity contribution < 1.29 is 0 Å². The highest BCUT2D eigenvalue weighted by Crippen LogP contribution is 2.13. The van der Waals surface area contributed by atoms with Crippen molar-refractivity contribution in [3.8, 4) is 0 Å². The molecule has 1 aromatic carbocycles. The average molecular weight is 191 g/mol. The Morgan fingerprint density at radius 2 is 1.86 bits per heavy atom. The number of anilines is 1. The fourth-order valence-corrected chi connectivity index (χ4v) is 1.55. The van der Waals surface area contributed by atoms with Crippen LogP contribution in [0.3, 0.4) is 0 Å². The van der Waals surface area contributed by atoms with Gasteiger partial charge in [-0.3, -0.25) is 0 Å². The quantitative estimate of drug-likeness (QED) is 0.670. The third kappa shape index (κ3) is 3.82. The maximum Gasteiger partial charge on any atom is 0.0369 e. The van der Waals surface area contributed by atoms with Gasteiger partial charge in [-0.05, 0) is 25.0 Å². The molecule has 0 saturated heterocycles. The zero-order valence-electron chi connectivity index (χ0n) is 9.34. The van der Waals surface area contributed by atoms with Gasteiger partial charge in [-0.15, -0.1) is 0 Å². The van der Waals surface area contributed by atoms with Crippen molar-refractivity contribution in [3.63, 3.8) is 0 Å². The van der Waals surface area contributed by atoms with Crippen LogP contribution in [-0.2, 0) is 0 Å². The Kier molecular flexibility index (Phi) is 5.13. The average Bonchev–Trinajstić information content (AvgIpc) is 2.20. The van der Waals surface area contributed by atoms with Gasteiger partial charge in [0.05, 0.1) is 0 Å². The van der Waals surface area contributed by atoms with Crippen LogP contribution in [0.25, 0.3) is 0 Å². The normalized spacial score (nSPS) is 10.1. The Hall–Kier alpha value is -0.980. The van der Waals surface area contributed by atoms with Crippen LogP contribution in [0.1, 0.15) is 38.2 Å². The van der Waals surface area contributed by atoms with Crippen molar-refractivity contribution in [2.24, 2.45) is 0 Å². The Bertz CT molecular complexity index is 255. The minimum atomic E-state index is 1.10. The fourth-order valence-electron chi connectivity index (χ4n) is 1.55. The second-order valence-corrected chi connectivity index (χ2v) is 3.80. The van der Waals surface area contributed by atoms with Crippen LogP contribution in [0.5, 0.6) is 0 Å². The molecule has 0 aliphatic rings. The predicted octanol–water partition coefficient (Wildman–Crippen LogP) is 3.99. The maximum atomic E-state index is 3.47. The molecule has 14 heavy (non-hydrogen) atoms. The molecule has 1 rings (SSSR count). The second-order valence-electron chi connectivity index (χ2n) is 3.80. The third-order valence-electron chi connectivity index (χ3n) is 2.49. The van der Waals surface area contributed by atoms with Gasteiger partial charge in [0.15, 0.2) is 0 Å². The minimum Gasteiger partial charge on any atom is -0.385 e. The molecule has 0 aromatic heterocycles. The van der Waals surface area contributed by atoms with Crippen LogP contribution in [0.4, 0.5) is 5.69 Å². The smallest absolute Gasteiger partial charge is 0.0369 e. The molecule has 0 aliphatic carbocycles. The Balaban J connectivity index is 2.21. The Labute approximate surface area is 87.5 Å². The summed E-state index contributed by atoms with van der Waals surface area (Å²) >= 11 is 0. The predicted molar refractivity (Wildman–Crippen MR) is 63.8 cm³/mol.